The Morgan fingerprint density at radius 1 is 1.29 bits per heavy atom. The zero-order chi connectivity index (χ0) is 12.5. The summed E-state index contributed by atoms with van der Waals surface area (Å²) >= 11 is 0. The van der Waals surface area contributed by atoms with Gasteiger partial charge in [-0.1, -0.05) is 27.2 Å². The lowest BCUT2D eigenvalue weighted by atomic mass is 9.84. The highest BCUT2D eigenvalue weighted by atomic mass is 15.2. The van der Waals surface area contributed by atoms with Gasteiger partial charge >= 0.3 is 0 Å². The maximum Gasteiger partial charge on any atom is 0.0105 e. The lowest BCUT2D eigenvalue weighted by molar-refractivity contribution is 0.140. The Morgan fingerprint density at radius 2 is 2.00 bits per heavy atom. The van der Waals surface area contributed by atoms with E-state index < -0.39 is 0 Å². The van der Waals surface area contributed by atoms with Crippen LogP contribution in [0.25, 0.3) is 0 Å². The van der Waals surface area contributed by atoms with E-state index in [-0.39, 0.29) is 0 Å². The van der Waals surface area contributed by atoms with Crippen LogP contribution in [-0.4, -0.2) is 30.1 Å². The molecule has 0 amide bonds. The smallest absolute Gasteiger partial charge is 0.0105 e. The molecule has 2 aliphatic rings. The molecule has 2 rings (SSSR count). The molecule has 2 nitrogen and oxygen atoms in total. The van der Waals surface area contributed by atoms with Gasteiger partial charge in [-0.2, -0.15) is 0 Å². The van der Waals surface area contributed by atoms with Crippen LogP contribution in [0.2, 0.25) is 0 Å². The topological polar surface area (TPSA) is 29.3 Å². The van der Waals surface area contributed by atoms with Crippen molar-refractivity contribution in [2.75, 3.05) is 13.1 Å². The Morgan fingerprint density at radius 3 is 2.47 bits per heavy atom. The van der Waals surface area contributed by atoms with Crippen molar-refractivity contribution in [1.82, 2.24) is 4.90 Å². The second-order valence-electron chi connectivity index (χ2n) is 7.04. The summed E-state index contributed by atoms with van der Waals surface area (Å²) in [7, 11) is 0. The average Bonchev–Trinajstić information content (AvgIpc) is 3.03. The van der Waals surface area contributed by atoms with Gasteiger partial charge in [0.25, 0.3) is 0 Å². The van der Waals surface area contributed by atoms with Gasteiger partial charge in [-0.3, -0.25) is 4.90 Å². The van der Waals surface area contributed by atoms with Gasteiger partial charge < -0.3 is 5.73 Å². The fourth-order valence-electron chi connectivity index (χ4n) is 3.17. The van der Waals surface area contributed by atoms with E-state index in [1.54, 1.807) is 0 Å². The van der Waals surface area contributed by atoms with Gasteiger partial charge in [0.05, 0.1) is 0 Å². The summed E-state index contributed by atoms with van der Waals surface area (Å²) < 4.78 is 0. The number of nitrogens with two attached hydrogens (primary N) is 1. The zero-order valence-electron chi connectivity index (χ0n) is 11.9. The first kappa shape index (κ1) is 13.4. The standard InChI is InChI=1S/C15H30N2/c1-12(2)8-10-17(13-6-7-13)11-15(3)9-4-5-14(15)16/h12-14H,4-11,16H2,1-3H3. The van der Waals surface area contributed by atoms with Crippen LogP contribution in [-0.2, 0) is 0 Å². The van der Waals surface area contributed by atoms with Crippen LogP contribution in [0.3, 0.4) is 0 Å². The van der Waals surface area contributed by atoms with E-state index in [1.807, 2.05) is 0 Å². The zero-order valence-corrected chi connectivity index (χ0v) is 11.9. The molecule has 0 aromatic carbocycles. The lowest BCUT2D eigenvalue weighted by Gasteiger charge is -2.36. The molecular weight excluding hydrogens is 208 g/mol. The molecule has 2 aliphatic carbocycles. The van der Waals surface area contributed by atoms with Crippen molar-refractivity contribution >= 4 is 0 Å². The summed E-state index contributed by atoms with van der Waals surface area (Å²) in [6, 6.07) is 1.32. The Balaban J connectivity index is 1.88. The van der Waals surface area contributed by atoms with Crippen LogP contribution >= 0.6 is 0 Å². The molecule has 2 heteroatoms. The average molecular weight is 238 g/mol. The van der Waals surface area contributed by atoms with Gasteiger partial charge in [0.1, 0.15) is 0 Å². The first-order valence-electron chi connectivity index (χ1n) is 7.51. The van der Waals surface area contributed by atoms with Gasteiger partial charge in [0, 0.05) is 18.6 Å². The fraction of sp³-hybridized carbons (Fsp3) is 1.00. The second kappa shape index (κ2) is 5.27. The minimum Gasteiger partial charge on any atom is -0.327 e. The normalized spacial score (nSPS) is 33.9. The summed E-state index contributed by atoms with van der Waals surface area (Å²) in [6.07, 6.45) is 8.08. The van der Waals surface area contributed by atoms with Gasteiger partial charge in [0.2, 0.25) is 0 Å². The number of rotatable bonds is 6. The van der Waals surface area contributed by atoms with Crippen molar-refractivity contribution < 1.29 is 0 Å². The van der Waals surface area contributed by atoms with Gasteiger partial charge in [-0.05, 0) is 50.0 Å². The summed E-state index contributed by atoms with van der Waals surface area (Å²) in [4.78, 5) is 2.74. The molecule has 0 aliphatic heterocycles. The minimum atomic E-state index is 0.388. The second-order valence-corrected chi connectivity index (χ2v) is 7.04. The first-order valence-corrected chi connectivity index (χ1v) is 7.51. The van der Waals surface area contributed by atoms with Crippen LogP contribution in [0.15, 0.2) is 0 Å². The summed E-state index contributed by atoms with van der Waals surface area (Å²) in [5.41, 5.74) is 6.70. The van der Waals surface area contributed by atoms with Crippen molar-refractivity contribution in [1.29, 1.82) is 0 Å². The van der Waals surface area contributed by atoms with E-state index >= 15 is 0 Å². The molecule has 2 saturated carbocycles. The highest BCUT2D eigenvalue weighted by molar-refractivity contribution is 4.96. The number of nitrogens with zero attached hydrogens (tertiary/aromatic N) is 1. The predicted octanol–water partition coefficient (Wildman–Crippen LogP) is 3.01. The Bertz CT molecular complexity index is 247. The SMILES string of the molecule is CC(C)CCN(CC1(C)CCCC1N)C1CC1. The largest absolute Gasteiger partial charge is 0.327 e. The predicted molar refractivity (Wildman–Crippen MR) is 74.0 cm³/mol. The van der Waals surface area contributed by atoms with Crippen molar-refractivity contribution in [3.8, 4) is 0 Å². The monoisotopic (exact) mass is 238 g/mol. The molecule has 0 aromatic rings. The molecule has 17 heavy (non-hydrogen) atoms. The van der Waals surface area contributed by atoms with Gasteiger partial charge in [-0.15, -0.1) is 0 Å². The Labute approximate surface area is 107 Å². The Hall–Kier alpha value is -0.0800. The highest BCUT2D eigenvalue weighted by Gasteiger charge is 2.40. The molecule has 0 bridgehead atoms. The molecule has 0 radical (unpaired) electrons. The molecule has 2 fully saturated rings. The molecule has 100 valence electrons. The third kappa shape index (κ3) is 3.45. The molecule has 2 unspecified atom stereocenters. The van der Waals surface area contributed by atoms with Crippen LogP contribution < -0.4 is 5.73 Å². The minimum absolute atomic E-state index is 0.388. The van der Waals surface area contributed by atoms with E-state index in [0.29, 0.717) is 11.5 Å². The summed E-state index contributed by atoms with van der Waals surface area (Å²) in [5.74, 6) is 0.821. The van der Waals surface area contributed by atoms with E-state index in [0.717, 1.165) is 12.0 Å². The van der Waals surface area contributed by atoms with Crippen molar-refractivity contribution in [3.05, 3.63) is 0 Å². The van der Waals surface area contributed by atoms with Gasteiger partial charge in [0.15, 0.2) is 0 Å². The Kier molecular flexibility index (Phi) is 4.14. The third-order valence-electron chi connectivity index (χ3n) is 4.78. The number of hydrogen-bond donors (Lipinski definition) is 1. The maximum absolute atomic E-state index is 6.31. The molecular formula is C15H30N2. The van der Waals surface area contributed by atoms with E-state index in [1.165, 1.54) is 51.6 Å². The number of hydrogen-bond acceptors (Lipinski definition) is 2. The van der Waals surface area contributed by atoms with Crippen LogP contribution in [0.5, 0.6) is 0 Å². The summed E-state index contributed by atoms with van der Waals surface area (Å²) in [5, 5.41) is 0. The lowest BCUT2D eigenvalue weighted by Crippen LogP contribution is -2.45. The molecule has 2 N–H and O–H groups in total. The van der Waals surface area contributed by atoms with Crippen LogP contribution in [0, 0.1) is 11.3 Å². The molecule has 2 atom stereocenters. The van der Waals surface area contributed by atoms with E-state index in [9.17, 15) is 0 Å². The molecule has 0 spiro atoms. The third-order valence-corrected chi connectivity index (χ3v) is 4.78. The molecule has 0 aromatic heterocycles. The fourth-order valence-corrected chi connectivity index (χ4v) is 3.17. The first-order chi connectivity index (χ1) is 8.01. The van der Waals surface area contributed by atoms with Crippen molar-refractivity contribution in [3.63, 3.8) is 0 Å². The van der Waals surface area contributed by atoms with Crippen LogP contribution in [0.1, 0.15) is 59.3 Å². The highest BCUT2D eigenvalue weighted by Crippen LogP contribution is 2.40. The van der Waals surface area contributed by atoms with Crippen molar-refractivity contribution in [2.45, 2.75) is 71.4 Å². The molecule has 0 heterocycles. The summed E-state index contributed by atoms with van der Waals surface area (Å²) in [6.45, 7) is 9.59. The van der Waals surface area contributed by atoms with Crippen molar-refractivity contribution in [2.24, 2.45) is 17.1 Å². The van der Waals surface area contributed by atoms with E-state index in [2.05, 4.69) is 25.7 Å². The van der Waals surface area contributed by atoms with E-state index in [4.69, 9.17) is 5.73 Å². The van der Waals surface area contributed by atoms with Gasteiger partial charge in [-0.25, -0.2) is 0 Å². The molecule has 0 saturated heterocycles. The quantitative estimate of drug-likeness (QED) is 0.771. The maximum atomic E-state index is 6.31. The van der Waals surface area contributed by atoms with Crippen LogP contribution in [0.4, 0.5) is 0 Å².